The molecule has 0 saturated carbocycles. The molecular formula is C23H23ClN4O2. The van der Waals surface area contributed by atoms with Crippen molar-refractivity contribution >= 4 is 17.3 Å². The number of halogens is 1. The van der Waals surface area contributed by atoms with Gasteiger partial charge in [-0.05, 0) is 35.4 Å². The predicted molar refractivity (Wildman–Crippen MR) is 117 cm³/mol. The fourth-order valence-electron chi connectivity index (χ4n) is 3.34. The lowest BCUT2D eigenvalue weighted by Gasteiger charge is -2.21. The molecule has 1 N–H and O–H groups in total. The second-order valence-electron chi connectivity index (χ2n) is 6.95. The van der Waals surface area contributed by atoms with Gasteiger partial charge in [-0.1, -0.05) is 35.9 Å². The number of anilines is 1. The van der Waals surface area contributed by atoms with E-state index in [1.54, 1.807) is 25.7 Å². The van der Waals surface area contributed by atoms with Crippen LogP contribution in [0.15, 0.2) is 78.9 Å². The minimum atomic E-state index is 0.0308. The molecule has 1 atom stereocenters. The van der Waals surface area contributed by atoms with Crippen molar-refractivity contribution < 1.29 is 9.47 Å². The molecule has 154 valence electrons. The molecule has 4 rings (SSSR count). The third-order valence-electron chi connectivity index (χ3n) is 4.85. The number of hydrazine groups is 1. The third-order valence-corrected chi connectivity index (χ3v) is 5.17. The monoisotopic (exact) mass is 422 g/mol. The zero-order valence-corrected chi connectivity index (χ0v) is 17.4. The Labute approximate surface area is 181 Å². The van der Waals surface area contributed by atoms with E-state index in [9.17, 15) is 0 Å². The van der Waals surface area contributed by atoms with Gasteiger partial charge in [0.05, 0.1) is 42.8 Å². The molecule has 0 aliphatic carbocycles. The van der Waals surface area contributed by atoms with Crippen LogP contribution in [-0.2, 0) is 17.8 Å². The van der Waals surface area contributed by atoms with Crippen molar-refractivity contribution in [3.05, 3.63) is 95.2 Å². The second-order valence-corrected chi connectivity index (χ2v) is 7.36. The highest BCUT2D eigenvalue weighted by Gasteiger charge is 2.26. The summed E-state index contributed by atoms with van der Waals surface area (Å²) in [6.07, 6.45) is 7.92. The minimum absolute atomic E-state index is 0.0308. The fraction of sp³-hybridized carbons (Fsp3) is 0.217. The Kier molecular flexibility index (Phi) is 6.59. The molecule has 7 heteroatoms. The van der Waals surface area contributed by atoms with E-state index < -0.39 is 0 Å². The lowest BCUT2D eigenvalue weighted by Crippen LogP contribution is -2.38. The van der Waals surface area contributed by atoms with Gasteiger partial charge in [-0.2, -0.15) is 0 Å². The molecule has 1 aromatic heterocycles. The molecule has 1 unspecified atom stereocenters. The van der Waals surface area contributed by atoms with Crippen LogP contribution in [0.3, 0.4) is 0 Å². The molecule has 1 aliphatic rings. The van der Waals surface area contributed by atoms with Crippen molar-refractivity contribution in [2.45, 2.75) is 19.1 Å². The topological polar surface area (TPSA) is 59.5 Å². The Hall–Kier alpha value is -2.93. The standard InChI is InChI=1S/C23H23ClN4O2/c1-29-20-6-4-5-17(11-20)15-30-16-18-14-28(23-8-3-2-7-21(23)24)27-22(18)12-19-13-25-9-10-26-19/h2-11,13-14,22,27H,12,15-16H2,1H3. The molecule has 3 aromatic rings. The summed E-state index contributed by atoms with van der Waals surface area (Å²) in [5.74, 6) is 0.822. The van der Waals surface area contributed by atoms with E-state index in [0.717, 1.165) is 28.3 Å². The number of rotatable bonds is 8. The molecule has 0 radical (unpaired) electrons. The third kappa shape index (κ3) is 4.97. The molecule has 0 fully saturated rings. The van der Waals surface area contributed by atoms with E-state index in [0.29, 0.717) is 24.7 Å². The van der Waals surface area contributed by atoms with Crippen LogP contribution in [0.4, 0.5) is 5.69 Å². The summed E-state index contributed by atoms with van der Waals surface area (Å²) in [5.41, 5.74) is 7.49. The van der Waals surface area contributed by atoms with Gasteiger partial charge in [-0.3, -0.25) is 15.0 Å². The number of aromatic nitrogens is 2. The maximum Gasteiger partial charge on any atom is 0.119 e. The van der Waals surface area contributed by atoms with Crippen LogP contribution in [0.5, 0.6) is 5.75 Å². The van der Waals surface area contributed by atoms with Gasteiger partial charge < -0.3 is 9.47 Å². The van der Waals surface area contributed by atoms with E-state index >= 15 is 0 Å². The number of methoxy groups -OCH3 is 1. The van der Waals surface area contributed by atoms with Gasteiger partial charge in [0.15, 0.2) is 0 Å². The average Bonchev–Trinajstić information content (AvgIpc) is 3.17. The Bertz CT molecular complexity index is 1010. The maximum absolute atomic E-state index is 6.40. The van der Waals surface area contributed by atoms with Crippen molar-refractivity contribution in [1.82, 2.24) is 15.4 Å². The van der Waals surface area contributed by atoms with Gasteiger partial charge in [0.2, 0.25) is 0 Å². The predicted octanol–water partition coefficient (Wildman–Crippen LogP) is 4.18. The van der Waals surface area contributed by atoms with Crippen molar-refractivity contribution in [2.75, 3.05) is 18.7 Å². The zero-order chi connectivity index (χ0) is 20.8. The van der Waals surface area contributed by atoms with Crippen LogP contribution in [0.1, 0.15) is 11.3 Å². The highest BCUT2D eigenvalue weighted by atomic mass is 35.5. The summed E-state index contributed by atoms with van der Waals surface area (Å²) in [7, 11) is 1.66. The lowest BCUT2D eigenvalue weighted by molar-refractivity contribution is 0.139. The summed E-state index contributed by atoms with van der Waals surface area (Å²) >= 11 is 6.40. The maximum atomic E-state index is 6.40. The van der Waals surface area contributed by atoms with Crippen LogP contribution in [-0.4, -0.2) is 29.7 Å². The van der Waals surface area contributed by atoms with E-state index in [1.807, 2.05) is 59.7 Å². The van der Waals surface area contributed by atoms with Gasteiger partial charge in [0, 0.05) is 31.2 Å². The Morgan fingerprint density at radius 1 is 1.10 bits per heavy atom. The molecule has 0 amide bonds. The number of nitrogens with zero attached hydrogens (tertiary/aromatic N) is 3. The average molecular weight is 423 g/mol. The highest BCUT2D eigenvalue weighted by molar-refractivity contribution is 6.33. The summed E-state index contributed by atoms with van der Waals surface area (Å²) in [5, 5.41) is 2.63. The highest BCUT2D eigenvalue weighted by Crippen LogP contribution is 2.29. The van der Waals surface area contributed by atoms with Gasteiger partial charge in [0.25, 0.3) is 0 Å². The zero-order valence-electron chi connectivity index (χ0n) is 16.7. The molecule has 1 aliphatic heterocycles. The van der Waals surface area contributed by atoms with Crippen LogP contribution in [0.2, 0.25) is 5.02 Å². The Morgan fingerprint density at radius 2 is 2.00 bits per heavy atom. The molecule has 6 nitrogen and oxygen atoms in total. The number of hydrogen-bond donors (Lipinski definition) is 1. The molecule has 0 spiro atoms. The van der Waals surface area contributed by atoms with Crippen molar-refractivity contribution in [3.63, 3.8) is 0 Å². The largest absolute Gasteiger partial charge is 0.497 e. The SMILES string of the molecule is COc1cccc(COCC2=CN(c3ccccc3Cl)NC2Cc2cnccn2)c1. The number of para-hydroxylation sites is 1. The van der Waals surface area contributed by atoms with Crippen molar-refractivity contribution in [2.24, 2.45) is 0 Å². The summed E-state index contributed by atoms with van der Waals surface area (Å²) in [6, 6.07) is 15.7. The summed E-state index contributed by atoms with van der Waals surface area (Å²) in [6.45, 7) is 0.981. The van der Waals surface area contributed by atoms with E-state index in [1.165, 1.54) is 0 Å². The summed E-state index contributed by atoms with van der Waals surface area (Å²) in [4.78, 5) is 8.58. The first-order valence-electron chi connectivity index (χ1n) is 9.69. The molecule has 2 heterocycles. The number of benzene rings is 2. The lowest BCUT2D eigenvalue weighted by atomic mass is 10.1. The second kappa shape index (κ2) is 9.71. The van der Waals surface area contributed by atoms with Gasteiger partial charge >= 0.3 is 0 Å². The smallest absolute Gasteiger partial charge is 0.119 e. The first-order valence-corrected chi connectivity index (χ1v) is 10.1. The number of nitrogens with one attached hydrogen (secondary N) is 1. The van der Waals surface area contributed by atoms with Crippen LogP contribution in [0.25, 0.3) is 0 Å². The Balaban J connectivity index is 1.48. The summed E-state index contributed by atoms with van der Waals surface area (Å²) < 4.78 is 11.3. The van der Waals surface area contributed by atoms with Crippen LogP contribution in [0, 0.1) is 0 Å². The van der Waals surface area contributed by atoms with E-state index in [2.05, 4.69) is 15.4 Å². The molecule has 0 bridgehead atoms. The van der Waals surface area contributed by atoms with Gasteiger partial charge in [-0.15, -0.1) is 0 Å². The van der Waals surface area contributed by atoms with E-state index in [-0.39, 0.29) is 6.04 Å². The normalized spacial score (nSPS) is 15.9. The first-order chi connectivity index (χ1) is 14.7. The van der Waals surface area contributed by atoms with Crippen LogP contribution >= 0.6 is 11.6 Å². The van der Waals surface area contributed by atoms with Gasteiger partial charge in [-0.25, -0.2) is 5.43 Å². The minimum Gasteiger partial charge on any atom is -0.497 e. The molecule has 2 aromatic carbocycles. The molecule has 0 saturated heterocycles. The fourth-order valence-corrected chi connectivity index (χ4v) is 3.56. The van der Waals surface area contributed by atoms with Crippen molar-refractivity contribution in [1.29, 1.82) is 0 Å². The quantitative estimate of drug-likeness (QED) is 0.587. The number of ether oxygens (including phenoxy) is 2. The molecular weight excluding hydrogens is 400 g/mol. The van der Waals surface area contributed by atoms with Gasteiger partial charge in [0.1, 0.15) is 5.75 Å². The van der Waals surface area contributed by atoms with E-state index in [4.69, 9.17) is 21.1 Å². The number of hydrogen-bond acceptors (Lipinski definition) is 6. The molecule has 30 heavy (non-hydrogen) atoms. The Morgan fingerprint density at radius 3 is 2.80 bits per heavy atom. The van der Waals surface area contributed by atoms with Crippen molar-refractivity contribution in [3.8, 4) is 5.75 Å². The first kappa shape index (κ1) is 20.3. The van der Waals surface area contributed by atoms with Crippen LogP contribution < -0.4 is 15.2 Å².